The number of aryl methyl sites for hydroxylation is 1. The summed E-state index contributed by atoms with van der Waals surface area (Å²) in [7, 11) is 0. The molecule has 15 heteroatoms. The first-order valence-electron chi connectivity index (χ1n) is 19.7. The van der Waals surface area contributed by atoms with E-state index >= 15 is 0 Å². The monoisotopic (exact) mass is 805 g/mol. The van der Waals surface area contributed by atoms with Crippen molar-refractivity contribution in [2.24, 2.45) is 5.41 Å². The maximum absolute atomic E-state index is 14.2. The maximum Gasteiger partial charge on any atom is 0.246 e. The van der Waals surface area contributed by atoms with Gasteiger partial charge in [-0.2, -0.15) is 15.3 Å². The number of carbonyl (C=O) groups is 3. The number of nitrogens with one attached hydrogen (secondary N) is 2. The SMILES string of the molecule is Cc1ncsc1-c1ccc([C@H](C)NC(=O)[C@@H]2C[C@@H](O)CN2C(=O)C(NC(=O)CN2CCC(n3cc(-c4cnnc(-c5ccccc5O)c4)cn3)CC2)C(C)(C)C)cc1. The lowest BCUT2D eigenvalue weighted by atomic mass is 9.85. The number of aromatic nitrogens is 5. The number of piperidine rings is 1. The highest BCUT2D eigenvalue weighted by molar-refractivity contribution is 7.13. The minimum absolute atomic E-state index is 0.00869. The molecular weight excluding hydrogens is 755 g/mol. The highest BCUT2D eigenvalue weighted by atomic mass is 32.1. The van der Waals surface area contributed by atoms with E-state index in [-0.39, 0.29) is 55.1 Å². The van der Waals surface area contributed by atoms with E-state index in [1.165, 1.54) is 4.90 Å². The van der Waals surface area contributed by atoms with Crippen molar-refractivity contribution in [2.45, 2.75) is 84.2 Å². The normalized spacial score (nSPS) is 18.8. The van der Waals surface area contributed by atoms with Crippen molar-refractivity contribution in [3.05, 3.63) is 90.0 Å². The molecule has 2 aliphatic heterocycles. The van der Waals surface area contributed by atoms with Crippen LogP contribution >= 0.6 is 11.3 Å². The Morgan fingerprint density at radius 3 is 2.41 bits per heavy atom. The number of hydrogen-bond donors (Lipinski definition) is 4. The average Bonchev–Trinajstić information content (AvgIpc) is 3.97. The molecule has 0 radical (unpaired) electrons. The topological polar surface area (TPSA) is 179 Å². The lowest BCUT2D eigenvalue weighted by molar-refractivity contribution is -0.144. The highest BCUT2D eigenvalue weighted by Gasteiger charge is 2.45. The fraction of sp³-hybridized carbons (Fsp3) is 0.419. The number of amides is 3. The maximum atomic E-state index is 14.2. The van der Waals surface area contributed by atoms with Crippen LogP contribution in [0.1, 0.15) is 70.3 Å². The molecule has 2 aliphatic rings. The van der Waals surface area contributed by atoms with Gasteiger partial charge in [0.25, 0.3) is 0 Å². The second-order valence-corrected chi connectivity index (χ2v) is 17.3. The third-order valence-electron chi connectivity index (χ3n) is 11.1. The molecular formula is C43H51N9O5S. The summed E-state index contributed by atoms with van der Waals surface area (Å²) in [6, 6.07) is 14.9. The van der Waals surface area contributed by atoms with E-state index < -0.39 is 23.6 Å². The molecule has 1 unspecified atom stereocenters. The van der Waals surface area contributed by atoms with Crippen molar-refractivity contribution in [2.75, 3.05) is 26.2 Å². The Bertz CT molecular complexity index is 2240. The molecule has 0 aliphatic carbocycles. The van der Waals surface area contributed by atoms with Gasteiger partial charge < -0.3 is 25.7 Å². The van der Waals surface area contributed by atoms with Crippen LogP contribution in [0, 0.1) is 12.3 Å². The second kappa shape index (κ2) is 17.1. The number of phenolic OH excluding ortho intramolecular Hbond substituents is 1. The zero-order valence-corrected chi connectivity index (χ0v) is 34.3. The van der Waals surface area contributed by atoms with Crippen molar-refractivity contribution in [3.63, 3.8) is 0 Å². The molecule has 7 rings (SSSR count). The second-order valence-electron chi connectivity index (χ2n) is 16.4. The van der Waals surface area contributed by atoms with E-state index in [1.807, 2.05) is 87.4 Å². The quantitative estimate of drug-likeness (QED) is 0.140. The summed E-state index contributed by atoms with van der Waals surface area (Å²) in [4.78, 5) is 50.4. The Kier molecular flexibility index (Phi) is 12.0. The van der Waals surface area contributed by atoms with Crippen LogP contribution in [0.3, 0.4) is 0 Å². The Hall–Kier alpha value is -5.51. The van der Waals surface area contributed by atoms with Gasteiger partial charge in [0.1, 0.15) is 17.8 Å². The largest absolute Gasteiger partial charge is 0.507 e. The number of phenols is 1. The van der Waals surface area contributed by atoms with E-state index in [2.05, 4.69) is 35.8 Å². The van der Waals surface area contributed by atoms with Crippen LogP contribution in [0.5, 0.6) is 5.75 Å². The van der Waals surface area contributed by atoms with Crippen molar-refractivity contribution in [3.8, 4) is 38.6 Å². The van der Waals surface area contributed by atoms with Gasteiger partial charge in [0, 0.05) is 48.9 Å². The number of para-hydroxylation sites is 1. The van der Waals surface area contributed by atoms with Gasteiger partial charge in [-0.3, -0.25) is 24.0 Å². The first-order chi connectivity index (χ1) is 27.7. The molecule has 14 nitrogen and oxygen atoms in total. The number of rotatable bonds is 11. The predicted octanol–water partition coefficient (Wildman–Crippen LogP) is 5.15. The van der Waals surface area contributed by atoms with E-state index in [0.717, 1.165) is 45.7 Å². The molecule has 0 saturated carbocycles. The van der Waals surface area contributed by atoms with Crippen LogP contribution < -0.4 is 10.6 Å². The Balaban J connectivity index is 0.932. The van der Waals surface area contributed by atoms with Crippen molar-refractivity contribution >= 4 is 29.1 Å². The molecule has 5 heterocycles. The smallest absolute Gasteiger partial charge is 0.246 e. The van der Waals surface area contributed by atoms with Crippen LogP contribution in [0.25, 0.3) is 32.8 Å². The van der Waals surface area contributed by atoms with Crippen molar-refractivity contribution in [1.82, 2.24) is 45.4 Å². The fourth-order valence-electron chi connectivity index (χ4n) is 7.80. The molecule has 5 aromatic rings. The molecule has 3 amide bonds. The standard InChI is InChI=1S/C43H51N9O5S/c1-26(28-10-12-29(13-11-28)39-27(2)44-25-58-39)47-41(56)36-19-33(53)23-51(36)42(57)40(43(3,4)5)48-38(55)24-50-16-14-32(15-17-50)52-22-31(21-46-52)30-18-35(49-45-20-30)34-8-6-7-9-37(34)54/h6-13,18,20-22,25-26,32-33,36,40,53-54H,14-17,19,23-24H2,1-5H3,(H,47,56)(H,48,55)/t26-,33+,36-,40?/m0/s1. The molecule has 0 bridgehead atoms. The lowest BCUT2D eigenvalue weighted by Crippen LogP contribution is -2.59. The minimum Gasteiger partial charge on any atom is -0.507 e. The number of hydrogen-bond acceptors (Lipinski definition) is 11. The Labute approximate surface area is 342 Å². The number of carbonyl (C=O) groups excluding carboxylic acids is 3. The first kappa shape index (κ1) is 40.7. The predicted molar refractivity (Wildman–Crippen MR) is 221 cm³/mol. The molecule has 304 valence electrons. The molecule has 2 aromatic carbocycles. The zero-order chi connectivity index (χ0) is 41.1. The number of benzene rings is 2. The summed E-state index contributed by atoms with van der Waals surface area (Å²) >= 11 is 1.58. The van der Waals surface area contributed by atoms with Crippen molar-refractivity contribution < 1.29 is 24.6 Å². The fourth-order valence-corrected chi connectivity index (χ4v) is 8.61. The molecule has 3 aromatic heterocycles. The van der Waals surface area contributed by atoms with Crippen LogP contribution in [-0.4, -0.2) is 107 Å². The van der Waals surface area contributed by atoms with Crippen LogP contribution in [0.4, 0.5) is 0 Å². The summed E-state index contributed by atoms with van der Waals surface area (Å²) in [5.74, 6) is -0.873. The first-order valence-corrected chi connectivity index (χ1v) is 20.6. The lowest BCUT2D eigenvalue weighted by Gasteiger charge is -2.36. The van der Waals surface area contributed by atoms with Gasteiger partial charge in [-0.05, 0) is 61.4 Å². The minimum atomic E-state index is -0.908. The number of aliphatic hydroxyl groups excluding tert-OH is 1. The number of aromatic hydroxyl groups is 1. The van der Waals surface area contributed by atoms with Gasteiger partial charge in [-0.15, -0.1) is 11.3 Å². The summed E-state index contributed by atoms with van der Waals surface area (Å²) in [5.41, 5.74) is 7.00. The van der Waals surface area contributed by atoms with Gasteiger partial charge in [-0.1, -0.05) is 57.2 Å². The number of aliphatic hydroxyl groups is 1. The van der Waals surface area contributed by atoms with E-state index in [1.54, 1.807) is 41.9 Å². The van der Waals surface area contributed by atoms with E-state index in [0.29, 0.717) is 24.3 Å². The summed E-state index contributed by atoms with van der Waals surface area (Å²) in [5, 5.41) is 40.0. The van der Waals surface area contributed by atoms with Crippen molar-refractivity contribution in [1.29, 1.82) is 0 Å². The van der Waals surface area contributed by atoms with Gasteiger partial charge in [0.15, 0.2) is 0 Å². The highest BCUT2D eigenvalue weighted by Crippen LogP contribution is 2.32. The Morgan fingerprint density at radius 2 is 1.72 bits per heavy atom. The Morgan fingerprint density at radius 1 is 0.983 bits per heavy atom. The number of β-amino-alcohol motifs (C(OH)–C–C–N with tert-alkyl or cyclic N) is 1. The molecule has 58 heavy (non-hydrogen) atoms. The van der Waals surface area contributed by atoms with E-state index in [9.17, 15) is 24.6 Å². The van der Waals surface area contributed by atoms with Gasteiger partial charge >= 0.3 is 0 Å². The summed E-state index contributed by atoms with van der Waals surface area (Å²) in [6.45, 7) is 11.0. The molecule has 4 N–H and O–H groups in total. The molecule has 4 atom stereocenters. The van der Waals surface area contributed by atoms with Gasteiger partial charge in [0.2, 0.25) is 17.7 Å². The van der Waals surface area contributed by atoms with Crippen LogP contribution in [0.15, 0.2) is 78.7 Å². The van der Waals surface area contributed by atoms with Crippen LogP contribution in [-0.2, 0) is 14.4 Å². The number of thiazole rings is 1. The number of nitrogens with zero attached hydrogens (tertiary/aromatic N) is 7. The zero-order valence-electron chi connectivity index (χ0n) is 33.5. The summed E-state index contributed by atoms with van der Waals surface area (Å²) in [6.07, 6.45) is 6.29. The average molecular weight is 806 g/mol. The number of likely N-dealkylation sites (tertiary alicyclic amines) is 2. The van der Waals surface area contributed by atoms with Gasteiger partial charge in [0.05, 0.1) is 58.9 Å². The molecule has 2 saturated heterocycles. The molecule has 0 spiro atoms. The van der Waals surface area contributed by atoms with Gasteiger partial charge in [-0.25, -0.2) is 4.98 Å². The molecule has 2 fully saturated rings. The van der Waals surface area contributed by atoms with Crippen LogP contribution in [0.2, 0.25) is 0 Å². The van der Waals surface area contributed by atoms with E-state index in [4.69, 9.17) is 0 Å². The summed E-state index contributed by atoms with van der Waals surface area (Å²) < 4.78 is 1.96. The third kappa shape index (κ3) is 9.11. The third-order valence-corrected chi connectivity index (χ3v) is 12.1.